The normalized spacial score (nSPS) is 15.9. The Morgan fingerprint density at radius 1 is 0.818 bits per heavy atom. The lowest BCUT2D eigenvalue weighted by atomic mass is 9.80. The zero-order valence-electron chi connectivity index (χ0n) is 29.5. The number of carbonyl (C=O) groups excluding carboxylic acids is 1. The van der Waals surface area contributed by atoms with Crippen molar-refractivity contribution >= 4 is 32.6 Å². The third kappa shape index (κ3) is 8.44. The highest BCUT2D eigenvalue weighted by molar-refractivity contribution is 7.93. The van der Waals surface area contributed by atoms with Gasteiger partial charge in [-0.15, -0.1) is 0 Å². The van der Waals surface area contributed by atoms with E-state index < -0.39 is 80.6 Å². The fourth-order valence-corrected chi connectivity index (χ4v) is 8.45. The molecule has 11 nitrogen and oxygen atoms in total. The van der Waals surface area contributed by atoms with Gasteiger partial charge in [0, 0.05) is 72.7 Å². The SMILES string of the molecule is COc1ccc(CN2C[C@H](COc3cc(F)c(S(=O)(=O)N(Cc4ccc(OC)cc4OC)c4ncns4)cc3F)[C@@H](c3cc(F)c(F)cc3F)CC2=O)cc1. The largest absolute Gasteiger partial charge is 0.497 e. The van der Waals surface area contributed by atoms with Gasteiger partial charge >= 0.3 is 0 Å². The zero-order chi connectivity index (χ0) is 39.4. The predicted octanol–water partition coefficient (Wildman–Crippen LogP) is 6.87. The summed E-state index contributed by atoms with van der Waals surface area (Å²) in [6, 6.07) is 13.6. The number of halogens is 5. The Morgan fingerprint density at radius 3 is 2.20 bits per heavy atom. The number of likely N-dealkylation sites (tertiary alicyclic amines) is 1. The zero-order valence-corrected chi connectivity index (χ0v) is 31.1. The number of piperidine rings is 1. The Hall–Kier alpha value is -5.49. The average molecular weight is 805 g/mol. The van der Waals surface area contributed by atoms with Crippen LogP contribution in [0.2, 0.25) is 0 Å². The summed E-state index contributed by atoms with van der Waals surface area (Å²) < 4.78 is 129. The molecule has 1 aliphatic rings. The summed E-state index contributed by atoms with van der Waals surface area (Å²) in [4.78, 5) is 17.7. The molecule has 290 valence electrons. The van der Waals surface area contributed by atoms with Crippen LogP contribution < -0.4 is 23.3 Å². The molecule has 2 atom stereocenters. The molecule has 0 spiro atoms. The summed E-state index contributed by atoms with van der Waals surface area (Å²) >= 11 is 0.708. The maximum Gasteiger partial charge on any atom is 0.269 e. The summed E-state index contributed by atoms with van der Waals surface area (Å²) in [5.41, 5.74) is 0.787. The van der Waals surface area contributed by atoms with Gasteiger partial charge in [-0.3, -0.25) is 4.79 Å². The molecule has 0 saturated carbocycles. The Labute approximate surface area is 317 Å². The van der Waals surface area contributed by atoms with Crippen molar-refractivity contribution in [3.8, 4) is 23.0 Å². The first-order valence-corrected chi connectivity index (χ1v) is 18.7. The van der Waals surface area contributed by atoms with Crippen molar-refractivity contribution in [3.63, 3.8) is 0 Å². The Balaban J connectivity index is 1.28. The molecule has 6 rings (SSSR count). The second-order valence-corrected chi connectivity index (χ2v) is 15.0. The van der Waals surface area contributed by atoms with E-state index in [9.17, 15) is 22.0 Å². The van der Waals surface area contributed by atoms with Gasteiger partial charge in [-0.1, -0.05) is 12.1 Å². The molecule has 1 saturated heterocycles. The number of amides is 1. The monoisotopic (exact) mass is 804 g/mol. The van der Waals surface area contributed by atoms with E-state index in [1.54, 1.807) is 36.4 Å². The van der Waals surface area contributed by atoms with E-state index in [0.717, 1.165) is 16.2 Å². The van der Waals surface area contributed by atoms with Gasteiger partial charge in [0.05, 0.1) is 34.5 Å². The lowest BCUT2D eigenvalue weighted by molar-refractivity contribution is -0.136. The summed E-state index contributed by atoms with van der Waals surface area (Å²) in [6.07, 6.45) is 0.776. The van der Waals surface area contributed by atoms with Crippen molar-refractivity contribution in [2.45, 2.75) is 30.3 Å². The summed E-state index contributed by atoms with van der Waals surface area (Å²) in [7, 11) is -0.534. The highest BCUT2D eigenvalue weighted by Crippen LogP contribution is 2.38. The van der Waals surface area contributed by atoms with Gasteiger partial charge in [-0.05, 0) is 41.5 Å². The molecule has 1 aliphatic heterocycles. The second-order valence-electron chi connectivity index (χ2n) is 12.4. The molecular formula is C37H33F5N4O7S2. The van der Waals surface area contributed by atoms with Crippen LogP contribution in [0.1, 0.15) is 29.0 Å². The van der Waals surface area contributed by atoms with Gasteiger partial charge in [0.1, 0.15) is 40.1 Å². The van der Waals surface area contributed by atoms with Crippen molar-refractivity contribution in [1.82, 2.24) is 14.3 Å². The summed E-state index contributed by atoms with van der Waals surface area (Å²) in [6.45, 7) is -0.822. The van der Waals surface area contributed by atoms with Crippen molar-refractivity contribution in [1.29, 1.82) is 0 Å². The summed E-state index contributed by atoms with van der Waals surface area (Å²) in [5, 5.41) is -0.139. The van der Waals surface area contributed by atoms with Crippen LogP contribution in [0, 0.1) is 35.0 Å². The van der Waals surface area contributed by atoms with Crippen molar-refractivity contribution in [2.24, 2.45) is 5.92 Å². The molecule has 0 aliphatic carbocycles. The minimum atomic E-state index is -4.85. The van der Waals surface area contributed by atoms with Gasteiger partial charge in [-0.25, -0.2) is 39.7 Å². The van der Waals surface area contributed by atoms with E-state index in [1.165, 1.54) is 32.3 Å². The minimum Gasteiger partial charge on any atom is -0.497 e. The molecular weight excluding hydrogens is 772 g/mol. The van der Waals surface area contributed by atoms with Crippen LogP contribution in [0.4, 0.5) is 27.1 Å². The molecule has 5 aromatic rings. The quantitative estimate of drug-likeness (QED) is 0.0876. The number of carbonyl (C=O) groups is 1. The standard InChI is InChI=1S/C37H33F5N4O7S2/c1-50-24-7-4-21(5-8-24)16-45-17-23(26(12-36(45)47)27-11-29(39)30(40)13-28(27)38)19-53-34-14-32(42)35(15-31(34)41)55(48,49)46(37-43-20-44-54-37)18-22-6-9-25(51-2)10-33(22)52-3/h4-11,13-15,20,23,26H,12,16-19H2,1-3H3/t23-,26+/m1/s1. The average Bonchev–Trinajstić information content (AvgIpc) is 3.71. The van der Waals surface area contributed by atoms with E-state index in [2.05, 4.69) is 9.36 Å². The van der Waals surface area contributed by atoms with Gasteiger partial charge in [0.25, 0.3) is 10.0 Å². The Morgan fingerprint density at radius 2 is 1.53 bits per heavy atom. The molecule has 0 N–H and O–H groups in total. The third-order valence-corrected chi connectivity index (χ3v) is 11.7. The molecule has 1 aromatic heterocycles. The number of nitrogens with zero attached hydrogens (tertiary/aromatic N) is 4. The smallest absolute Gasteiger partial charge is 0.269 e. The van der Waals surface area contributed by atoms with E-state index in [-0.39, 0.29) is 36.0 Å². The van der Waals surface area contributed by atoms with E-state index in [4.69, 9.17) is 18.9 Å². The maximum atomic E-state index is 15.8. The van der Waals surface area contributed by atoms with Crippen molar-refractivity contribution in [2.75, 3.05) is 38.8 Å². The number of anilines is 1. The molecule has 0 bridgehead atoms. The van der Waals surface area contributed by atoms with Crippen LogP contribution in [0.5, 0.6) is 23.0 Å². The van der Waals surface area contributed by atoms with Gasteiger partial charge in [0.15, 0.2) is 23.2 Å². The predicted molar refractivity (Wildman–Crippen MR) is 190 cm³/mol. The lowest BCUT2D eigenvalue weighted by Crippen LogP contribution is -2.45. The number of ether oxygens (including phenoxy) is 4. The number of aromatic nitrogens is 2. The first kappa shape index (κ1) is 39.2. The minimum absolute atomic E-state index is 0.0871. The number of hydrogen-bond acceptors (Lipinski definition) is 10. The third-order valence-electron chi connectivity index (χ3n) is 9.12. The van der Waals surface area contributed by atoms with E-state index in [1.807, 2.05) is 0 Å². The van der Waals surface area contributed by atoms with E-state index >= 15 is 13.2 Å². The molecule has 1 fully saturated rings. The number of methoxy groups -OCH3 is 3. The van der Waals surface area contributed by atoms with Crippen LogP contribution in [0.25, 0.3) is 0 Å². The summed E-state index contributed by atoms with van der Waals surface area (Å²) in [5.74, 6) is -8.16. The second kappa shape index (κ2) is 16.5. The van der Waals surface area contributed by atoms with Crippen LogP contribution >= 0.6 is 11.5 Å². The topological polar surface area (TPSA) is 120 Å². The Kier molecular flexibility index (Phi) is 11.7. The van der Waals surface area contributed by atoms with Crippen molar-refractivity contribution in [3.05, 3.63) is 119 Å². The molecule has 2 heterocycles. The maximum absolute atomic E-state index is 15.8. The molecule has 4 aromatic carbocycles. The van der Waals surface area contributed by atoms with Gasteiger partial charge in [-0.2, -0.15) is 4.37 Å². The fraction of sp³-hybridized carbons (Fsp3) is 0.270. The highest BCUT2D eigenvalue weighted by Gasteiger charge is 2.38. The van der Waals surface area contributed by atoms with Crippen LogP contribution in [-0.4, -0.2) is 63.1 Å². The van der Waals surface area contributed by atoms with Gasteiger partial charge < -0.3 is 23.8 Å². The Bertz CT molecular complexity index is 2280. The molecule has 18 heteroatoms. The number of benzene rings is 4. The van der Waals surface area contributed by atoms with Crippen LogP contribution in [0.15, 0.2) is 78.0 Å². The number of sulfonamides is 1. The fourth-order valence-electron chi connectivity index (χ4n) is 6.26. The molecule has 1 amide bonds. The van der Waals surface area contributed by atoms with Crippen molar-refractivity contribution < 1.29 is 54.1 Å². The first-order valence-electron chi connectivity index (χ1n) is 16.5. The van der Waals surface area contributed by atoms with E-state index in [0.29, 0.717) is 52.9 Å². The van der Waals surface area contributed by atoms with Gasteiger partial charge in [0.2, 0.25) is 11.0 Å². The lowest BCUT2D eigenvalue weighted by Gasteiger charge is -2.38. The first-order chi connectivity index (χ1) is 26.3. The highest BCUT2D eigenvalue weighted by atomic mass is 32.2. The molecule has 0 unspecified atom stereocenters. The van der Waals surface area contributed by atoms with Crippen LogP contribution in [-0.2, 0) is 27.9 Å². The number of rotatable bonds is 14. The number of hydrogen-bond donors (Lipinski definition) is 0. The van der Waals surface area contributed by atoms with Crippen LogP contribution in [0.3, 0.4) is 0 Å². The molecule has 0 radical (unpaired) electrons. The molecule has 55 heavy (non-hydrogen) atoms.